The van der Waals surface area contributed by atoms with E-state index in [1.807, 2.05) is 0 Å². The van der Waals surface area contributed by atoms with Crippen LogP contribution < -0.4 is 10.1 Å². The molecule has 9 heteroatoms. The van der Waals surface area contributed by atoms with E-state index in [2.05, 4.69) is 5.32 Å². The first-order valence-electron chi connectivity index (χ1n) is 6.58. The number of carbonyl (C=O) groups excluding carboxylic acids is 1. The smallest absolute Gasteiger partial charge is 0.308 e. The highest BCUT2D eigenvalue weighted by Crippen LogP contribution is 2.25. The van der Waals surface area contributed by atoms with Gasteiger partial charge in [0.15, 0.2) is 5.82 Å². The maximum Gasteiger partial charge on any atom is 0.308 e. The van der Waals surface area contributed by atoms with Gasteiger partial charge in [0.2, 0.25) is 11.6 Å². The number of nitrogens with zero attached hydrogens (tertiary/aromatic N) is 1. The van der Waals surface area contributed by atoms with Gasteiger partial charge in [0.25, 0.3) is 5.91 Å². The van der Waals surface area contributed by atoms with Crippen LogP contribution in [-0.2, 0) is 6.54 Å². The van der Waals surface area contributed by atoms with Crippen LogP contribution in [0.3, 0.4) is 0 Å². The van der Waals surface area contributed by atoms with Gasteiger partial charge in [-0.1, -0.05) is 12.1 Å². The molecule has 2 aromatic carbocycles. The average Bonchev–Trinajstić information content (AvgIpc) is 2.58. The topological polar surface area (TPSA) is 81.5 Å². The van der Waals surface area contributed by atoms with E-state index in [4.69, 9.17) is 4.74 Å². The Balaban J connectivity index is 2.21. The number of nitro groups is 1. The fourth-order valence-electron chi connectivity index (χ4n) is 1.91. The molecule has 0 aliphatic heterocycles. The second kappa shape index (κ2) is 6.99. The number of methoxy groups -OCH3 is 1. The molecular formula is C15H11F3N2O4. The molecule has 0 saturated heterocycles. The maximum absolute atomic E-state index is 13.7. The minimum absolute atomic E-state index is 0.0466. The van der Waals surface area contributed by atoms with Crippen molar-refractivity contribution in [2.45, 2.75) is 6.54 Å². The van der Waals surface area contributed by atoms with Crippen molar-refractivity contribution in [2.24, 2.45) is 0 Å². The summed E-state index contributed by atoms with van der Waals surface area (Å²) >= 11 is 0. The van der Waals surface area contributed by atoms with E-state index < -0.39 is 39.5 Å². The van der Waals surface area contributed by atoms with Crippen LogP contribution in [0.15, 0.2) is 30.3 Å². The standard InChI is InChI=1S/C15H11F3N2O4/c1-24-9-4-2-8(3-5-9)7-19-15(21)10-6-11(20(22)23)13(17)14(18)12(10)16/h2-6H,7H2,1H3,(H,19,21). The number of halogens is 3. The zero-order valence-corrected chi connectivity index (χ0v) is 12.3. The first kappa shape index (κ1) is 17.3. The third-order valence-electron chi connectivity index (χ3n) is 3.18. The molecule has 6 nitrogen and oxygen atoms in total. The molecule has 2 aromatic rings. The van der Waals surface area contributed by atoms with Crippen LogP contribution in [0.1, 0.15) is 15.9 Å². The lowest BCUT2D eigenvalue weighted by atomic mass is 10.1. The minimum Gasteiger partial charge on any atom is -0.497 e. The molecule has 2 rings (SSSR count). The second-order valence-electron chi connectivity index (χ2n) is 4.67. The molecule has 126 valence electrons. The van der Waals surface area contributed by atoms with Gasteiger partial charge in [-0.2, -0.15) is 4.39 Å². The van der Waals surface area contributed by atoms with E-state index in [1.165, 1.54) is 7.11 Å². The summed E-state index contributed by atoms with van der Waals surface area (Å²) in [6.45, 7) is -0.0466. The quantitative estimate of drug-likeness (QED) is 0.515. The van der Waals surface area contributed by atoms with E-state index in [1.54, 1.807) is 24.3 Å². The fraction of sp³-hybridized carbons (Fsp3) is 0.133. The Morgan fingerprint density at radius 2 is 1.79 bits per heavy atom. The van der Waals surface area contributed by atoms with Crippen LogP contribution >= 0.6 is 0 Å². The van der Waals surface area contributed by atoms with Crippen LogP contribution in [0.25, 0.3) is 0 Å². The normalized spacial score (nSPS) is 10.3. The molecule has 0 aromatic heterocycles. The van der Waals surface area contributed by atoms with Crippen molar-refractivity contribution < 1.29 is 27.6 Å². The van der Waals surface area contributed by atoms with E-state index in [0.717, 1.165) is 0 Å². The Hall–Kier alpha value is -3.10. The molecule has 0 bridgehead atoms. The maximum atomic E-state index is 13.7. The number of carbonyl (C=O) groups is 1. The lowest BCUT2D eigenvalue weighted by Crippen LogP contribution is -2.24. The highest BCUT2D eigenvalue weighted by atomic mass is 19.2. The molecule has 1 amide bonds. The summed E-state index contributed by atoms with van der Waals surface area (Å²) in [5.74, 6) is -6.33. The highest BCUT2D eigenvalue weighted by molar-refractivity contribution is 5.95. The van der Waals surface area contributed by atoms with Crippen molar-refractivity contribution in [3.8, 4) is 5.75 Å². The van der Waals surface area contributed by atoms with E-state index in [-0.39, 0.29) is 6.54 Å². The van der Waals surface area contributed by atoms with Crippen molar-refractivity contribution in [2.75, 3.05) is 7.11 Å². The largest absolute Gasteiger partial charge is 0.497 e. The van der Waals surface area contributed by atoms with Crippen LogP contribution in [0, 0.1) is 27.6 Å². The number of ether oxygens (including phenoxy) is 1. The Bertz CT molecular complexity index is 794. The van der Waals surface area contributed by atoms with Gasteiger partial charge in [0, 0.05) is 12.6 Å². The van der Waals surface area contributed by atoms with Crippen molar-refractivity contribution >= 4 is 11.6 Å². The van der Waals surface area contributed by atoms with Crippen LogP contribution in [0.2, 0.25) is 0 Å². The second-order valence-corrected chi connectivity index (χ2v) is 4.67. The van der Waals surface area contributed by atoms with E-state index in [9.17, 15) is 28.1 Å². The summed E-state index contributed by atoms with van der Waals surface area (Å²) in [5.41, 5.74) is -1.64. The molecule has 0 spiro atoms. The number of benzene rings is 2. The number of hydrogen-bond donors (Lipinski definition) is 1. The number of rotatable bonds is 5. The number of hydrogen-bond acceptors (Lipinski definition) is 4. The third kappa shape index (κ3) is 3.45. The first-order valence-corrected chi connectivity index (χ1v) is 6.58. The first-order chi connectivity index (χ1) is 11.3. The lowest BCUT2D eigenvalue weighted by Gasteiger charge is -2.08. The van der Waals surface area contributed by atoms with Crippen molar-refractivity contribution in [1.29, 1.82) is 0 Å². The lowest BCUT2D eigenvalue weighted by molar-refractivity contribution is -0.387. The van der Waals surface area contributed by atoms with Crippen LogP contribution in [0.4, 0.5) is 18.9 Å². The van der Waals surface area contributed by atoms with Gasteiger partial charge in [0.05, 0.1) is 17.6 Å². The van der Waals surface area contributed by atoms with Crippen molar-refractivity contribution in [1.82, 2.24) is 5.32 Å². The van der Waals surface area contributed by atoms with Gasteiger partial charge < -0.3 is 10.1 Å². The Morgan fingerprint density at radius 3 is 2.33 bits per heavy atom. The summed E-state index contributed by atoms with van der Waals surface area (Å²) in [4.78, 5) is 21.3. The molecule has 0 atom stereocenters. The molecule has 1 N–H and O–H groups in total. The number of nitro benzene ring substituents is 1. The molecule has 0 aliphatic rings. The molecule has 0 unspecified atom stereocenters. The summed E-state index contributed by atoms with van der Waals surface area (Å²) in [6.07, 6.45) is 0. The predicted molar refractivity (Wildman–Crippen MR) is 77.1 cm³/mol. The summed E-state index contributed by atoms with van der Waals surface area (Å²) in [6, 6.07) is 6.87. The summed E-state index contributed by atoms with van der Waals surface area (Å²) in [5, 5.41) is 12.9. The average molecular weight is 340 g/mol. The molecule has 0 aliphatic carbocycles. The zero-order chi connectivity index (χ0) is 17.9. The van der Waals surface area contributed by atoms with Gasteiger partial charge in [0.1, 0.15) is 5.75 Å². The van der Waals surface area contributed by atoms with Crippen LogP contribution in [0.5, 0.6) is 5.75 Å². The Kier molecular flexibility index (Phi) is 5.02. The van der Waals surface area contributed by atoms with Crippen molar-refractivity contribution in [3.05, 3.63) is 69.0 Å². The van der Waals surface area contributed by atoms with Crippen LogP contribution in [-0.4, -0.2) is 17.9 Å². The van der Waals surface area contributed by atoms with Gasteiger partial charge in [-0.25, -0.2) is 8.78 Å². The summed E-state index contributed by atoms with van der Waals surface area (Å²) in [7, 11) is 1.48. The fourth-order valence-corrected chi connectivity index (χ4v) is 1.91. The minimum atomic E-state index is -2.07. The molecular weight excluding hydrogens is 329 g/mol. The van der Waals surface area contributed by atoms with Gasteiger partial charge in [-0.3, -0.25) is 14.9 Å². The molecule has 0 fully saturated rings. The molecule has 0 heterocycles. The molecule has 0 radical (unpaired) electrons. The number of nitrogens with one attached hydrogen (secondary N) is 1. The van der Waals surface area contributed by atoms with E-state index in [0.29, 0.717) is 17.4 Å². The Labute approximate surface area is 134 Å². The SMILES string of the molecule is COc1ccc(CNC(=O)c2cc([N+](=O)[O-])c(F)c(F)c2F)cc1. The molecule has 24 heavy (non-hydrogen) atoms. The third-order valence-corrected chi connectivity index (χ3v) is 3.18. The predicted octanol–water partition coefficient (Wildman–Crippen LogP) is 2.95. The van der Waals surface area contributed by atoms with Gasteiger partial charge in [-0.05, 0) is 17.7 Å². The zero-order valence-electron chi connectivity index (χ0n) is 12.3. The number of amides is 1. The molecule has 0 saturated carbocycles. The van der Waals surface area contributed by atoms with Gasteiger partial charge >= 0.3 is 5.69 Å². The van der Waals surface area contributed by atoms with Crippen molar-refractivity contribution in [3.63, 3.8) is 0 Å². The van der Waals surface area contributed by atoms with E-state index >= 15 is 0 Å². The highest BCUT2D eigenvalue weighted by Gasteiger charge is 2.28. The summed E-state index contributed by atoms with van der Waals surface area (Å²) < 4.78 is 45.3. The van der Waals surface area contributed by atoms with Gasteiger partial charge in [-0.15, -0.1) is 0 Å². The Morgan fingerprint density at radius 1 is 1.17 bits per heavy atom. The monoisotopic (exact) mass is 340 g/mol.